The Balaban J connectivity index is 2.10. The van der Waals surface area contributed by atoms with Gasteiger partial charge in [-0.3, -0.25) is 14.5 Å². The lowest BCUT2D eigenvalue weighted by Gasteiger charge is -2.22. The molecule has 1 saturated heterocycles. The first-order valence-electron chi connectivity index (χ1n) is 7.17. The molecule has 0 aliphatic carbocycles. The minimum atomic E-state index is -0.207. The Labute approximate surface area is 124 Å². The number of nitrogens with one attached hydrogen (secondary N) is 1. The van der Waals surface area contributed by atoms with E-state index in [0.717, 1.165) is 12.4 Å². The number of amides is 2. The maximum absolute atomic E-state index is 12.0. The summed E-state index contributed by atoms with van der Waals surface area (Å²) < 4.78 is 1.97. The molecule has 7 heteroatoms. The molecular weight excluding hydrogens is 270 g/mol. The van der Waals surface area contributed by atoms with Crippen molar-refractivity contribution < 1.29 is 9.59 Å². The standard InChI is InChI=1S/C14H23N5O2/c1-11(20)19-7-6-18(8-12(9-19)14(21)15-2)10-13-16-4-5-17(13)3/h4-5,12H,6-10H2,1-3H3,(H,15,21). The van der Waals surface area contributed by atoms with Crippen LogP contribution >= 0.6 is 0 Å². The second-order valence-corrected chi connectivity index (χ2v) is 5.47. The van der Waals surface area contributed by atoms with E-state index in [1.807, 2.05) is 17.8 Å². The van der Waals surface area contributed by atoms with E-state index in [-0.39, 0.29) is 17.7 Å². The molecule has 2 heterocycles. The van der Waals surface area contributed by atoms with Crippen molar-refractivity contribution in [1.29, 1.82) is 0 Å². The van der Waals surface area contributed by atoms with E-state index in [4.69, 9.17) is 0 Å². The summed E-state index contributed by atoms with van der Waals surface area (Å²) in [5, 5.41) is 2.69. The maximum atomic E-state index is 12.0. The summed E-state index contributed by atoms with van der Waals surface area (Å²) in [5.41, 5.74) is 0. The molecule has 1 aliphatic rings. The van der Waals surface area contributed by atoms with Crippen LogP contribution in [0.2, 0.25) is 0 Å². The summed E-state index contributed by atoms with van der Waals surface area (Å²) in [4.78, 5) is 31.9. The fourth-order valence-electron chi connectivity index (χ4n) is 2.63. The van der Waals surface area contributed by atoms with Crippen LogP contribution in [-0.4, -0.2) is 64.4 Å². The molecule has 1 unspecified atom stereocenters. The highest BCUT2D eigenvalue weighted by atomic mass is 16.2. The molecule has 1 atom stereocenters. The zero-order valence-electron chi connectivity index (χ0n) is 12.9. The summed E-state index contributed by atoms with van der Waals surface area (Å²) in [6, 6.07) is 0. The van der Waals surface area contributed by atoms with E-state index < -0.39 is 0 Å². The van der Waals surface area contributed by atoms with E-state index in [0.29, 0.717) is 26.2 Å². The van der Waals surface area contributed by atoms with Crippen molar-refractivity contribution in [3.05, 3.63) is 18.2 Å². The average Bonchev–Trinajstić information content (AvgIpc) is 2.74. The summed E-state index contributed by atoms with van der Waals surface area (Å²) in [5.74, 6) is 0.749. The van der Waals surface area contributed by atoms with Crippen LogP contribution in [0, 0.1) is 5.92 Å². The van der Waals surface area contributed by atoms with Gasteiger partial charge in [0.25, 0.3) is 0 Å². The molecule has 1 aliphatic heterocycles. The predicted molar refractivity (Wildman–Crippen MR) is 78.3 cm³/mol. The third-order valence-corrected chi connectivity index (χ3v) is 3.95. The molecule has 0 aromatic carbocycles. The first-order chi connectivity index (χ1) is 10.0. The van der Waals surface area contributed by atoms with Crippen molar-refractivity contribution in [3.63, 3.8) is 0 Å². The first kappa shape index (κ1) is 15.5. The molecule has 116 valence electrons. The summed E-state index contributed by atoms with van der Waals surface area (Å²) >= 11 is 0. The number of carbonyl (C=O) groups excluding carboxylic acids is 2. The SMILES string of the molecule is CNC(=O)C1CN(Cc2nccn2C)CCN(C(C)=O)C1. The Morgan fingerprint density at radius 1 is 1.38 bits per heavy atom. The van der Waals surface area contributed by atoms with Crippen molar-refractivity contribution in [2.75, 3.05) is 33.2 Å². The highest BCUT2D eigenvalue weighted by Crippen LogP contribution is 2.13. The van der Waals surface area contributed by atoms with Gasteiger partial charge in [-0.25, -0.2) is 4.98 Å². The van der Waals surface area contributed by atoms with Gasteiger partial charge in [-0.1, -0.05) is 0 Å². The van der Waals surface area contributed by atoms with Gasteiger partial charge < -0.3 is 14.8 Å². The Bertz CT molecular complexity index is 513. The number of aryl methyl sites for hydroxylation is 1. The molecule has 2 rings (SSSR count). The predicted octanol–water partition coefficient (Wildman–Crippen LogP) is -0.554. The van der Waals surface area contributed by atoms with Gasteiger partial charge in [-0.05, 0) is 0 Å². The second kappa shape index (κ2) is 6.71. The average molecular weight is 293 g/mol. The number of nitrogens with zero attached hydrogens (tertiary/aromatic N) is 4. The number of hydrogen-bond acceptors (Lipinski definition) is 4. The summed E-state index contributed by atoms with van der Waals surface area (Å²) in [6.07, 6.45) is 3.68. The first-order valence-corrected chi connectivity index (χ1v) is 7.17. The van der Waals surface area contributed by atoms with Crippen LogP contribution in [0.3, 0.4) is 0 Å². The lowest BCUT2D eigenvalue weighted by Crippen LogP contribution is -2.41. The minimum Gasteiger partial charge on any atom is -0.359 e. The number of rotatable bonds is 3. The molecule has 1 N–H and O–H groups in total. The molecule has 7 nitrogen and oxygen atoms in total. The molecule has 0 spiro atoms. The Kier molecular flexibility index (Phi) is 4.95. The smallest absolute Gasteiger partial charge is 0.225 e. The molecule has 1 fully saturated rings. The molecule has 2 amide bonds. The van der Waals surface area contributed by atoms with Gasteiger partial charge in [0, 0.05) is 59.6 Å². The minimum absolute atomic E-state index is 0.0164. The summed E-state index contributed by atoms with van der Waals surface area (Å²) in [6.45, 7) is 4.74. The van der Waals surface area contributed by atoms with E-state index in [2.05, 4.69) is 15.2 Å². The molecule has 21 heavy (non-hydrogen) atoms. The Morgan fingerprint density at radius 2 is 2.14 bits per heavy atom. The molecule has 0 saturated carbocycles. The highest BCUT2D eigenvalue weighted by Gasteiger charge is 2.28. The van der Waals surface area contributed by atoms with E-state index in [1.54, 1.807) is 25.1 Å². The largest absolute Gasteiger partial charge is 0.359 e. The number of imidazole rings is 1. The summed E-state index contributed by atoms with van der Waals surface area (Å²) in [7, 11) is 3.59. The van der Waals surface area contributed by atoms with Crippen LogP contribution in [0.25, 0.3) is 0 Å². The molecule has 0 bridgehead atoms. The zero-order valence-corrected chi connectivity index (χ0v) is 12.9. The fourth-order valence-corrected chi connectivity index (χ4v) is 2.63. The van der Waals surface area contributed by atoms with Crippen LogP contribution in [0.4, 0.5) is 0 Å². The van der Waals surface area contributed by atoms with Crippen LogP contribution in [0.15, 0.2) is 12.4 Å². The number of hydrogen-bond donors (Lipinski definition) is 1. The molecular formula is C14H23N5O2. The topological polar surface area (TPSA) is 70.5 Å². The highest BCUT2D eigenvalue weighted by molar-refractivity contribution is 5.80. The van der Waals surface area contributed by atoms with Crippen LogP contribution in [-0.2, 0) is 23.2 Å². The van der Waals surface area contributed by atoms with E-state index in [9.17, 15) is 9.59 Å². The van der Waals surface area contributed by atoms with Gasteiger partial charge in [0.05, 0.1) is 12.5 Å². The number of carbonyl (C=O) groups is 2. The number of aromatic nitrogens is 2. The van der Waals surface area contributed by atoms with Crippen molar-refractivity contribution in [2.45, 2.75) is 13.5 Å². The van der Waals surface area contributed by atoms with Crippen molar-refractivity contribution in [3.8, 4) is 0 Å². The van der Waals surface area contributed by atoms with Gasteiger partial charge in [-0.2, -0.15) is 0 Å². The van der Waals surface area contributed by atoms with Gasteiger partial charge >= 0.3 is 0 Å². The van der Waals surface area contributed by atoms with Crippen molar-refractivity contribution >= 4 is 11.8 Å². The van der Waals surface area contributed by atoms with Gasteiger partial charge in [-0.15, -0.1) is 0 Å². The van der Waals surface area contributed by atoms with Gasteiger partial charge in [0.2, 0.25) is 11.8 Å². The van der Waals surface area contributed by atoms with E-state index in [1.165, 1.54) is 0 Å². The Hall–Kier alpha value is -1.89. The third kappa shape index (κ3) is 3.81. The van der Waals surface area contributed by atoms with E-state index >= 15 is 0 Å². The lowest BCUT2D eigenvalue weighted by molar-refractivity contribution is -0.130. The molecule has 1 aromatic rings. The second-order valence-electron chi connectivity index (χ2n) is 5.47. The zero-order chi connectivity index (χ0) is 15.4. The quantitative estimate of drug-likeness (QED) is 0.811. The van der Waals surface area contributed by atoms with Crippen molar-refractivity contribution in [2.24, 2.45) is 13.0 Å². The van der Waals surface area contributed by atoms with Crippen LogP contribution in [0.5, 0.6) is 0 Å². The normalized spacial score (nSPS) is 20.1. The van der Waals surface area contributed by atoms with Crippen molar-refractivity contribution in [1.82, 2.24) is 24.7 Å². The monoisotopic (exact) mass is 293 g/mol. The maximum Gasteiger partial charge on any atom is 0.225 e. The Morgan fingerprint density at radius 3 is 2.71 bits per heavy atom. The fraction of sp³-hybridized carbons (Fsp3) is 0.643. The van der Waals surface area contributed by atoms with Crippen LogP contribution in [0.1, 0.15) is 12.7 Å². The third-order valence-electron chi connectivity index (χ3n) is 3.95. The van der Waals surface area contributed by atoms with Gasteiger partial charge in [0.15, 0.2) is 0 Å². The molecule has 0 radical (unpaired) electrons. The van der Waals surface area contributed by atoms with Gasteiger partial charge in [0.1, 0.15) is 5.82 Å². The molecule has 1 aromatic heterocycles. The lowest BCUT2D eigenvalue weighted by atomic mass is 10.1. The van der Waals surface area contributed by atoms with Crippen LogP contribution < -0.4 is 5.32 Å².